The number of para-hydroxylation sites is 2. The van der Waals surface area contributed by atoms with E-state index in [-0.39, 0.29) is 18.5 Å². The minimum absolute atomic E-state index is 0.0590. The van der Waals surface area contributed by atoms with Crippen LogP contribution < -0.4 is 5.32 Å². The molecule has 21 heavy (non-hydrogen) atoms. The standard InChI is InChI=1S/C16H16N4O/c1-12(13-6-4-5-9-17-13)19-16(21)10-20-11-18-14-7-2-3-8-15(14)20/h2-9,11-12H,10H2,1H3,(H,19,21). The molecule has 3 aromatic rings. The van der Waals surface area contributed by atoms with Crippen molar-refractivity contribution in [3.63, 3.8) is 0 Å². The molecular weight excluding hydrogens is 264 g/mol. The third-order valence-corrected chi connectivity index (χ3v) is 3.35. The normalized spacial score (nSPS) is 12.2. The number of nitrogens with zero attached hydrogens (tertiary/aromatic N) is 3. The van der Waals surface area contributed by atoms with E-state index in [4.69, 9.17) is 0 Å². The van der Waals surface area contributed by atoms with Crippen molar-refractivity contribution >= 4 is 16.9 Å². The molecular formula is C16H16N4O. The Balaban J connectivity index is 1.69. The second-order valence-corrected chi connectivity index (χ2v) is 4.90. The summed E-state index contributed by atoms with van der Waals surface area (Å²) < 4.78 is 1.84. The lowest BCUT2D eigenvalue weighted by atomic mass is 10.2. The Morgan fingerprint density at radius 1 is 1.19 bits per heavy atom. The van der Waals surface area contributed by atoms with Crippen molar-refractivity contribution in [1.82, 2.24) is 19.9 Å². The number of carbonyl (C=O) groups is 1. The van der Waals surface area contributed by atoms with Crippen LogP contribution in [0.5, 0.6) is 0 Å². The molecule has 0 aliphatic rings. The molecule has 1 N–H and O–H groups in total. The van der Waals surface area contributed by atoms with Gasteiger partial charge in [-0.3, -0.25) is 9.78 Å². The number of hydrogen-bond donors (Lipinski definition) is 1. The SMILES string of the molecule is CC(NC(=O)Cn1cnc2ccccc21)c1ccccn1. The van der Waals surface area contributed by atoms with Crippen molar-refractivity contribution in [3.8, 4) is 0 Å². The van der Waals surface area contributed by atoms with Gasteiger partial charge in [0.2, 0.25) is 5.91 Å². The number of pyridine rings is 1. The van der Waals surface area contributed by atoms with E-state index in [9.17, 15) is 4.79 Å². The lowest BCUT2D eigenvalue weighted by molar-refractivity contribution is -0.122. The van der Waals surface area contributed by atoms with E-state index >= 15 is 0 Å². The number of aromatic nitrogens is 3. The Kier molecular flexibility index (Phi) is 3.64. The molecule has 0 bridgehead atoms. The summed E-state index contributed by atoms with van der Waals surface area (Å²) in [5, 5.41) is 2.95. The summed E-state index contributed by atoms with van der Waals surface area (Å²) in [6, 6.07) is 13.3. The van der Waals surface area contributed by atoms with Crippen LogP contribution in [0, 0.1) is 0 Å². The van der Waals surface area contributed by atoms with Crippen LogP contribution in [0.25, 0.3) is 11.0 Å². The highest BCUT2D eigenvalue weighted by atomic mass is 16.2. The molecule has 1 aromatic carbocycles. The Bertz CT molecular complexity index is 751. The summed E-state index contributed by atoms with van der Waals surface area (Å²) in [4.78, 5) is 20.7. The van der Waals surface area contributed by atoms with Crippen molar-refractivity contribution < 1.29 is 4.79 Å². The van der Waals surface area contributed by atoms with E-state index in [1.807, 2.05) is 54.0 Å². The van der Waals surface area contributed by atoms with Crippen molar-refractivity contribution in [1.29, 1.82) is 0 Å². The summed E-state index contributed by atoms with van der Waals surface area (Å²) in [6.07, 6.45) is 3.41. The van der Waals surface area contributed by atoms with E-state index in [0.717, 1.165) is 16.7 Å². The summed E-state index contributed by atoms with van der Waals surface area (Å²) >= 11 is 0. The molecule has 0 saturated heterocycles. The molecule has 0 fully saturated rings. The molecule has 0 aliphatic heterocycles. The van der Waals surface area contributed by atoms with Gasteiger partial charge < -0.3 is 9.88 Å². The fraction of sp³-hybridized carbons (Fsp3) is 0.188. The largest absolute Gasteiger partial charge is 0.346 e. The highest BCUT2D eigenvalue weighted by Crippen LogP contribution is 2.12. The summed E-state index contributed by atoms with van der Waals surface area (Å²) in [5.74, 6) is -0.0590. The quantitative estimate of drug-likeness (QED) is 0.797. The minimum atomic E-state index is -0.117. The number of amides is 1. The van der Waals surface area contributed by atoms with Gasteiger partial charge in [-0.15, -0.1) is 0 Å². The van der Waals surface area contributed by atoms with Crippen molar-refractivity contribution in [2.24, 2.45) is 0 Å². The molecule has 1 amide bonds. The fourth-order valence-corrected chi connectivity index (χ4v) is 2.28. The Hall–Kier alpha value is -2.69. The number of rotatable bonds is 4. The third kappa shape index (κ3) is 2.91. The van der Waals surface area contributed by atoms with Gasteiger partial charge in [0.25, 0.3) is 0 Å². The molecule has 0 radical (unpaired) electrons. The van der Waals surface area contributed by atoms with Crippen LogP contribution in [0.2, 0.25) is 0 Å². The molecule has 1 atom stereocenters. The van der Waals surface area contributed by atoms with Gasteiger partial charge in [-0.1, -0.05) is 18.2 Å². The van der Waals surface area contributed by atoms with Crippen LogP contribution in [-0.2, 0) is 11.3 Å². The number of nitrogens with one attached hydrogen (secondary N) is 1. The first-order valence-electron chi connectivity index (χ1n) is 6.84. The van der Waals surface area contributed by atoms with E-state index in [1.54, 1.807) is 12.5 Å². The molecule has 5 heteroatoms. The fourth-order valence-electron chi connectivity index (χ4n) is 2.28. The summed E-state index contributed by atoms with van der Waals surface area (Å²) in [6.45, 7) is 2.17. The molecule has 2 aromatic heterocycles. The van der Waals surface area contributed by atoms with Gasteiger partial charge >= 0.3 is 0 Å². The lowest BCUT2D eigenvalue weighted by Gasteiger charge is -2.13. The first-order chi connectivity index (χ1) is 10.2. The van der Waals surface area contributed by atoms with Gasteiger partial charge in [0.1, 0.15) is 6.54 Å². The van der Waals surface area contributed by atoms with Crippen LogP contribution in [0.1, 0.15) is 18.7 Å². The minimum Gasteiger partial charge on any atom is -0.346 e. The average molecular weight is 280 g/mol. The first kappa shape index (κ1) is 13.3. The molecule has 3 rings (SSSR count). The van der Waals surface area contributed by atoms with Gasteiger partial charge in [-0.25, -0.2) is 4.98 Å². The predicted octanol–water partition coefficient (Wildman–Crippen LogP) is 2.31. The monoisotopic (exact) mass is 280 g/mol. The number of fused-ring (bicyclic) bond motifs is 1. The number of benzene rings is 1. The van der Waals surface area contributed by atoms with E-state index in [1.165, 1.54) is 0 Å². The van der Waals surface area contributed by atoms with Crippen LogP contribution >= 0.6 is 0 Å². The van der Waals surface area contributed by atoms with Crippen LogP contribution in [0.4, 0.5) is 0 Å². The number of hydrogen-bond acceptors (Lipinski definition) is 3. The van der Waals surface area contributed by atoms with E-state index < -0.39 is 0 Å². The second kappa shape index (κ2) is 5.75. The maximum Gasteiger partial charge on any atom is 0.240 e. The Labute approximate surface area is 122 Å². The molecule has 2 heterocycles. The smallest absolute Gasteiger partial charge is 0.240 e. The highest BCUT2D eigenvalue weighted by molar-refractivity contribution is 5.80. The summed E-state index contributed by atoms with van der Waals surface area (Å²) in [5.41, 5.74) is 2.70. The first-order valence-corrected chi connectivity index (χ1v) is 6.84. The van der Waals surface area contributed by atoms with Crippen molar-refractivity contribution in [2.75, 3.05) is 0 Å². The van der Waals surface area contributed by atoms with E-state index in [0.29, 0.717) is 0 Å². The average Bonchev–Trinajstić information content (AvgIpc) is 2.91. The highest BCUT2D eigenvalue weighted by Gasteiger charge is 2.11. The molecule has 0 saturated carbocycles. The second-order valence-electron chi connectivity index (χ2n) is 4.90. The molecule has 106 valence electrons. The summed E-state index contributed by atoms with van der Waals surface area (Å²) in [7, 11) is 0. The molecule has 5 nitrogen and oxygen atoms in total. The molecule has 1 unspecified atom stereocenters. The van der Waals surface area contributed by atoms with Gasteiger partial charge in [0.05, 0.1) is 29.1 Å². The number of imidazole rings is 1. The van der Waals surface area contributed by atoms with Crippen LogP contribution in [0.3, 0.4) is 0 Å². The van der Waals surface area contributed by atoms with Crippen LogP contribution in [0.15, 0.2) is 55.0 Å². The topological polar surface area (TPSA) is 59.8 Å². The van der Waals surface area contributed by atoms with Gasteiger partial charge in [-0.05, 0) is 31.2 Å². The Morgan fingerprint density at radius 2 is 2.00 bits per heavy atom. The van der Waals surface area contributed by atoms with Crippen LogP contribution in [-0.4, -0.2) is 20.4 Å². The van der Waals surface area contributed by atoms with Crippen molar-refractivity contribution in [3.05, 3.63) is 60.7 Å². The predicted molar refractivity (Wildman–Crippen MR) is 80.5 cm³/mol. The molecule has 0 spiro atoms. The van der Waals surface area contributed by atoms with Gasteiger partial charge in [0, 0.05) is 6.20 Å². The van der Waals surface area contributed by atoms with Gasteiger partial charge in [0.15, 0.2) is 0 Å². The third-order valence-electron chi connectivity index (χ3n) is 3.35. The zero-order valence-electron chi connectivity index (χ0n) is 11.7. The Morgan fingerprint density at radius 3 is 2.81 bits per heavy atom. The number of carbonyl (C=O) groups excluding carboxylic acids is 1. The molecule has 0 aliphatic carbocycles. The maximum atomic E-state index is 12.2. The van der Waals surface area contributed by atoms with E-state index in [2.05, 4.69) is 15.3 Å². The maximum absolute atomic E-state index is 12.2. The van der Waals surface area contributed by atoms with Crippen molar-refractivity contribution in [2.45, 2.75) is 19.5 Å². The lowest BCUT2D eigenvalue weighted by Crippen LogP contribution is -2.30. The zero-order chi connectivity index (χ0) is 14.7. The van der Waals surface area contributed by atoms with Gasteiger partial charge in [-0.2, -0.15) is 0 Å². The zero-order valence-corrected chi connectivity index (χ0v) is 11.7.